The lowest BCUT2D eigenvalue weighted by Gasteiger charge is -2.30. The molecule has 0 saturated carbocycles. The zero-order chi connectivity index (χ0) is 32.3. The van der Waals surface area contributed by atoms with Gasteiger partial charge in [0.2, 0.25) is 0 Å². The van der Waals surface area contributed by atoms with Crippen molar-refractivity contribution in [3.8, 4) is 43.8 Å². The maximum Gasteiger partial charge on any atom is 0.0734 e. The molecule has 9 aromatic rings. The van der Waals surface area contributed by atoms with E-state index >= 15 is 0 Å². The van der Waals surface area contributed by atoms with E-state index in [1.165, 1.54) is 104 Å². The zero-order valence-electron chi connectivity index (χ0n) is 27.0. The molecule has 0 aliphatic heterocycles. The van der Waals surface area contributed by atoms with Gasteiger partial charge in [0.1, 0.15) is 0 Å². The SMILES string of the molecule is Cc1ccc2c(-c3c4ccccc4c(-c4cccc5c4-c4ccccc4C54c5ccccc5-c5sccc54)c4ccccc34)cccc2c1. The van der Waals surface area contributed by atoms with Gasteiger partial charge < -0.3 is 0 Å². The Kier molecular flexibility index (Phi) is 5.49. The lowest BCUT2D eigenvalue weighted by Crippen LogP contribution is -2.25. The molecule has 0 nitrogen and oxygen atoms in total. The molecule has 1 heteroatoms. The highest BCUT2D eigenvalue weighted by Crippen LogP contribution is 2.65. The monoisotopic (exact) mass is 638 g/mol. The van der Waals surface area contributed by atoms with Crippen molar-refractivity contribution in [2.45, 2.75) is 12.3 Å². The number of thiophene rings is 1. The summed E-state index contributed by atoms with van der Waals surface area (Å²) >= 11 is 1.87. The Hall–Kier alpha value is -5.76. The molecule has 2 aliphatic carbocycles. The Balaban J connectivity index is 1.29. The lowest BCUT2D eigenvalue weighted by atomic mass is 9.71. The van der Waals surface area contributed by atoms with Gasteiger partial charge in [0.15, 0.2) is 0 Å². The minimum absolute atomic E-state index is 0.333. The molecule has 1 heterocycles. The average molecular weight is 639 g/mol. The van der Waals surface area contributed by atoms with Gasteiger partial charge in [0, 0.05) is 4.88 Å². The van der Waals surface area contributed by atoms with Crippen molar-refractivity contribution >= 4 is 43.7 Å². The van der Waals surface area contributed by atoms with E-state index < -0.39 is 0 Å². The molecule has 0 amide bonds. The number of fused-ring (bicyclic) bond motifs is 13. The third kappa shape index (κ3) is 3.43. The molecule has 0 fully saturated rings. The summed E-state index contributed by atoms with van der Waals surface area (Å²) < 4.78 is 0. The third-order valence-electron chi connectivity index (χ3n) is 11.2. The molecule has 0 bridgehead atoms. The molecular weight excluding hydrogens is 609 g/mol. The van der Waals surface area contributed by atoms with E-state index in [4.69, 9.17) is 0 Å². The second-order valence-electron chi connectivity index (χ2n) is 13.6. The summed E-state index contributed by atoms with van der Waals surface area (Å²) in [6, 6.07) is 59.5. The van der Waals surface area contributed by atoms with Gasteiger partial charge in [-0.25, -0.2) is 0 Å². The minimum atomic E-state index is -0.333. The van der Waals surface area contributed by atoms with Gasteiger partial charge in [-0.05, 0) is 112 Å². The molecule has 1 aromatic heterocycles. The quantitative estimate of drug-likeness (QED) is 0.165. The fourth-order valence-electron chi connectivity index (χ4n) is 9.41. The van der Waals surface area contributed by atoms with Crippen LogP contribution in [0, 0.1) is 6.92 Å². The van der Waals surface area contributed by atoms with E-state index in [9.17, 15) is 0 Å². The van der Waals surface area contributed by atoms with Gasteiger partial charge in [-0.3, -0.25) is 0 Å². The molecular formula is C48H30S. The predicted octanol–water partition coefficient (Wildman–Crippen LogP) is 13.2. The van der Waals surface area contributed by atoms with Crippen LogP contribution < -0.4 is 0 Å². The third-order valence-corrected chi connectivity index (χ3v) is 12.2. The second kappa shape index (κ2) is 9.89. The van der Waals surface area contributed by atoms with Crippen LogP contribution in [0.3, 0.4) is 0 Å². The first-order valence-corrected chi connectivity index (χ1v) is 18.0. The fraction of sp³-hybridized carbons (Fsp3) is 0.0417. The van der Waals surface area contributed by atoms with Gasteiger partial charge in [-0.2, -0.15) is 0 Å². The minimum Gasteiger partial charge on any atom is -0.143 e. The number of benzene rings is 8. The van der Waals surface area contributed by atoms with E-state index in [-0.39, 0.29) is 5.41 Å². The summed E-state index contributed by atoms with van der Waals surface area (Å²) in [5, 5.41) is 10.00. The summed E-state index contributed by atoms with van der Waals surface area (Å²) in [7, 11) is 0. The highest BCUT2D eigenvalue weighted by Gasteiger charge is 2.52. The smallest absolute Gasteiger partial charge is 0.0734 e. The number of hydrogen-bond donors (Lipinski definition) is 0. The summed E-state index contributed by atoms with van der Waals surface area (Å²) in [5.74, 6) is 0. The Morgan fingerprint density at radius 3 is 1.67 bits per heavy atom. The maximum absolute atomic E-state index is 2.40. The maximum atomic E-state index is 2.40. The van der Waals surface area contributed by atoms with E-state index in [2.05, 4.69) is 170 Å². The van der Waals surface area contributed by atoms with Crippen molar-refractivity contribution in [1.29, 1.82) is 0 Å². The number of aryl methyl sites for hydroxylation is 1. The molecule has 228 valence electrons. The van der Waals surface area contributed by atoms with E-state index in [0.717, 1.165) is 0 Å². The van der Waals surface area contributed by atoms with Crippen LogP contribution in [-0.4, -0.2) is 0 Å². The number of rotatable bonds is 2. The molecule has 8 aromatic carbocycles. The molecule has 1 spiro atoms. The highest BCUT2D eigenvalue weighted by molar-refractivity contribution is 7.14. The van der Waals surface area contributed by atoms with Crippen molar-refractivity contribution in [1.82, 2.24) is 0 Å². The van der Waals surface area contributed by atoms with Gasteiger partial charge in [-0.15, -0.1) is 11.3 Å². The largest absolute Gasteiger partial charge is 0.143 e. The second-order valence-corrected chi connectivity index (χ2v) is 14.5. The van der Waals surface area contributed by atoms with Crippen LogP contribution in [0.4, 0.5) is 0 Å². The normalized spacial score (nSPS) is 15.5. The van der Waals surface area contributed by atoms with E-state index in [1.807, 2.05) is 11.3 Å². The van der Waals surface area contributed by atoms with Crippen LogP contribution in [0.15, 0.2) is 163 Å². The van der Waals surface area contributed by atoms with Crippen LogP contribution in [0.1, 0.15) is 27.8 Å². The topological polar surface area (TPSA) is 0 Å². The Morgan fingerprint density at radius 1 is 0.388 bits per heavy atom. The molecule has 2 aliphatic rings. The standard InChI is InChI=1S/C48H30S/c1-29-24-25-31-30(28-29)12-10-19-32(31)44-33-13-2-4-15-35(33)45(36-16-5-3-14-34(36)44)39-20-11-23-42-46(39)37-17-6-8-21-40(37)48(42)41-22-9-7-18-38(41)47-43(48)26-27-49-47/h2-28H,1H3. The average Bonchev–Trinajstić information content (AvgIpc) is 3.83. The molecule has 1 unspecified atom stereocenters. The lowest BCUT2D eigenvalue weighted by molar-refractivity contribution is 0.796. The first-order chi connectivity index (χ1) is 24.2. The predicted molar refractivity (Wildman–Crippen MR) is 209 cm³/mol. The Morgan fingerprint density at radius 2 is 0.939 bits per heavy atom. The summed E-state index contributed by atoms with van der Waals surface area (Å²) in [5.41, 5.74) is 15.8. The summed E-state index contributed by atoms with van der Waals surface area (Å²) in [4.78, 5) is 1.40. The first-order valence-electron chi connectivity index (χ1n) is 17.1. The molecule has 11 rings (SSSR count). The van der Waals surface area contributed by atoms with Crippen molar-refractivity contribution in [3.63, 3.8) is 0 Å². The van der Waals surface area contributed by atoms with E-state index in [0.29, 0.717) is 0 Å². The van der Waals surface area contributed by atoms with Crippen LogP contribution in [0.25, 0.3) is 76.1 Å². The summed E-state index contributed by atoms with van der Waals surface area (Å²) in [6.45, 7) is 2.18. The van der Waals surface area contributed by atoms with Crippen molar-refractivity contribution < 1.29 is 0 Å². The highest BCUT2D eigenvalue weighted by atomic mass is 32.1. The Bertz CT molecular complexity index is 2790. The van der Waals surface area contributed by atoms with Crippen molar-refractivity contribution in [3.05, 3.63) is 191 Å². The molecule has 0 saturated heterocycles. The number of hydrogen-bond acceptors (Lipinski definition) is 1. The summed E-state index contributed by atoms with van der Waals surface area (Å²) in [6.07, 6.45) is 0. The Labute approximate surface area is 289 Å². The molecule has 49 heavy (non-hydrogen) atoms. The van der Waals surface area contributed by atoms with Gasteiger partial charge in [0.05, 0.1) is 5.41 Å². The van der Waals surface area contributed by atoms with Crippen LogP contribution in [0.5, 0.6) is 0 Å². The zero-order valence-corrected chi connectivity index (χ0v) is 27.8. The molecule has 0 N–H and O–H groups in total. The van der Waals surface area contributed by atoms with Crippen LogP contribution in [0.2, 0.25) is 0 Å². The van der Waals surface area contributed by atoms with E-state index in [1.54, 1.807) is 0 Å². The van der Waals surface area contributed by atoms with Crippen LogP contribution >= 0.6 is 11.3 Å². The molecule has 1 atom stereocenters. The first kappa shape index (κ1) is 27.2. The van der Waals surface area contributed by atoms with Gasteiger partial charge in [-0.1, -0.05) is 157 Å². The van der Waals surface area contributed by atoms with Crippen LogP contribution in [-0.2, 0) is 5.41 Å². The van der Waals surface area contributed by atoms with Gasteiger partial charge in [0.25, 0.3) is 0 Å². The fourth-order valence-corrected chi connectivity index (χ4v) is 10.4. The van der Waals surface area contributed by atoms with Gasteiger partial charge >= 0.3 is 0 Å². The van der Waals surface area contributed by atoms with Crippen molar-refractivity contribution in [2.75, 3.05) is 0 Å². The molecule has 0 radical (unpaired) electrons. The van der Waals surface area contributed by atoms with Crippen molar-refractivity contribution in [2.24, 2.45) is 0 Å².